The van der Waals surface area contributed by atoms with Gasteiger partial charge < -0.3 is 15.2 Å². The molecule has 0 fully saturated rings. The molecular formula is C34H27N5O2. The van der Waals surface area contributed by atoms with Gasteiger partial charge in [-0.2, -0.15) is 0 Å². The number of amides is 2. The fraction of sp³-hybridized carbons (Fsp3) is 0.0882. The lowest BCUT2D eigenvalue weighted by molar-refractivity contribution is 0.0947. The molecule has 7 nitrogen and oxygen atoms in total. The monoisotopic (exact) mass is 537 g/mol. The molecule has 3 aromatic carbocycles. The van der Waals surface area contributed by atoms with E-state index >= 15 is 0 Å². The van der Waals surface area contributed by atoms with E-state index < -0.39 is 0 Å². The molecule has 4 heterocycles. The molecule has 0 saturated heterocycles. The molecule has 0 atom stereocenters. The summed E-state index contributed by atoms with van der Waals surface area (Å²) in [4.78, 5) is 29.4. The molecule has 6 aromatic rings. The standard InChI is InChI=1S/C34H27N5O2/c40-33(36-21-24-4-3-5-29(19-24)38-15-1-2-16-38)25-8-6-23(7-9-25)18-27-11-13-31(39-17-14-35-32(27)39)26-10-12-30-28(20-26)22-37-34(30)41/h1-17,19-20H,18,21-22H2,(H,36,40)(H,37,41). The number of benzene rings is 3. The number of hydrogen-bond acceptors (Lipinski definition) is 3. The van der Waals surface area contributed by atoms with Crippen LogP contribution in [0, 0.1) is 0 Å². The molecule has 200 valence electrons. The first kappa shape index (κ1) is 24.6. The number of carbonyl (C=O) groups excluding carboxylic acids is 2. The van der Waals surface area contributed by atoms with Gasteiger partial charge in [-0.15, -0.1) is 0 Å². The van der Waals surface area contributed by atoms with E-state index in [9.17, 15) is 9.59 Å². The van der Waals surface area contributed by atoms with Crippen molar-refractivity contribution < 1.29 is 9.59 Å². The van der Waals surface area contributed by atoms with Gasteiger partial charge in [-0.1, -0.05) is 36.4 Å². The van der Waals surface area contributed by atoms with Gasteiger partial charge in [-0.25, -0.2) is 4.98 Å². The van der Waals surface area contributed by atoms with Crippen LogP contribution in [0.3, 0.4) is 0 Å². The first-order chi connectivity index (χ1) is 20.1. The van der Waals surface area contributed by atoms with Crippen molar-refractivity contribution in [1.82, 2.24) is 24.6 Å². The van der Waals surface area contributed by atoms with E-state index in [2.05, 4.69) is 44.3 Å². The van der Waals surface area contributed by atoms with E-state index in [0.717, 1.165) is 50.4 Å². The van der Waals surface area contributed by atoms with Crippen LogP contribution in [0.5, 0.6) is 0 Å². The number of fused-ring (bicyclic) bond motifs is 2. The molecule has 2 amide bonds. The minimum absolute atomic E-state index is 0.0170. The zero-order valence-electron chi connectivity index (χ0n) is 22.2. The lowest BCUT2D eigenvalue weighted by atomic mass is 10.0. The quantitative estimate of drug-likeness (QED) is 0.280. The number of pyridine rings is 1. The Bertz CT molecular complexity index is 1900. The van der Waals surface area contributed by atoms with Gasteiger partial charge in [0, 0.05) is 61.1 Å². The molecular weight excluding hydrogens is 510 g/mol. The maximum atomic E-state index is 12.8. The number of imidazole rings is 1. The number of nitrogens with one attached hydrogen (secondary N) is 2. The first-order valence-electron chi connectivity index (χ1n) is 13.6. The predicted molar refractivity (Wildman–Crippen MR) is 158 cm³/mol. The van der Waals surface area contributed by atoms with E-state index in [1.165, 1.54) is 0 Å². The van der Waals surface area contributed by atoms with Crippen molar-refractivity contribution >= 4 is 17.5 Å². The molecule has 41 heavy (non-hydrogen) atoms. The molecule has 0 aliphatic carbocycles. The van der Waals surface area contributed by atoms with Gasteiger partial charge in [-0.05, 0) is 82.4 Å². The Balaban J connectivity index is 1.04. The minimum atomic E-state index is -0.103. The van der Waals surface area contributed by atoms with Crippen molar-refractivity contribution in [3.63, 3.8) is 0 Å². The average molecular weight is 538 g/mol. The molecule has 7 rings (SSSR count). The van der Waals surface area contributed by atoms with E-state index in [4.69, 9.17) is 0 Å². The van der Waals surface area contributed by atoms with Crippen LogP contribution in [-0.4, -0.2) is 25.8 Å². The molecule has 1 aliphatic heterocycles. The largest absolute Gasteiger partial charge is 0.348 e. The molecule has 0 unspecified atom stereocenters. The van der Waals surface area contributed by atoms with Crippen molar-refractivity contribution in [2.75, 3.05) is 0 Å². The maximum absolute atomic E-state index is 12.8. The lowest BCUT2D eigenvalue weighted by Gasteiger charge is -2.11. The summed E-state index contributed by atoms with van der Waals surface area (Å²) in [6.45, 7) is 1.01. The Hall–Kier alpha value is -5.43. The fourth-order valence-corrected chi connectivity index (χ4v) is 5.45. The summed E-state index contributed by atoms with van der Waals surface area (Å²) < 4.78 is 4.14. The number of aromatic nitrogens is 3. The Morgan fingerprint density at radius 1 is 0.878 bits per heavy atom. The molecule has 3 aromatic heterocycles. The van der Waals surface area contributed by atoms with Crippen molar-refractivity contribution in [3.8, 4) is 16.9 Å². The van der Waals surface area contributed by atoms with Crippen molar-refractivity contribution in [2.24, 2.45) is 0 Å². The average Bonchev–Trinajstić information content (AvgIpc) is 3.79. The van der Waals surface area contributed by atoms with Crippen LogP contribution >= 0.6 is 0 Å². The Labute approximate surface area is 237 Å². The third-order valence-corrected chi connectivity index (χ3v) is 7.59. The molecule has 7 heteroatoms. The van der Waals surface area contributed by atoms with Gasteiger partial charge in [0.05, 0.1) is 5.69 Å². The topological polar surface area (TPSA) is 80.4 Å². The van der Waals surface area contributed by atoms with E-state index in [-0.39, 0.29) is 11.8 Å². The van der Waals surface area contributed by atoms with Gasteiger partial charge in [-0.3, -0.25) is 14.0 Å². The molecule has 0 radical (unpaired) electrons. The van der Waals surface area contributed by atoms with E-state index in [1.54, 1.807) is 0 Å². The van der Waals surface area contributed by atoms with Crippen LogP contribution in [0.4, 0.5) is 0 Å². The molecule has 0 bridgehead atoms. The highest BCUT2D eigenvalue weighted by atomic mass is 16.2. The second kappa shape index (κ2) is 10.3. The summed E-state index contributed by atoms with van der Waals surface area (Å²) in [6.07, 6.45) is 8.47. The highest BCUT2D eigenvalue weighted by Gasteiger charge is 2.19. The molecule has 0 saturated carbocycles. The third-order valence-electron chi connectivity index (χ3n) is 7.59. The van der Waals surface area contributed by atoms with Crippen LogP contribution in [0.15, 0.2) is 116 Å². The number of hydrogen-bond donors (Lipinski definition) is 2. The molecule has 0 spiro atoms. The fourth-order valence-electron chi connectivity index (χ4n) is 5.45. The summed E-state index contributed by atoms with van der Waals surface area (Å²) >= 11 is 0. The summed E-state index contributed by atoms with van der Waals surface area (Å²) in [6, 6.07) is 30.0. The van der Waals surface area contributed by atoms with Crippen LogP contribution in [0.25, 0.3) is 22.6 Å². The van der Waals surface area contributed by atoms with Gasteiger partial charge in [0.15, 0.2) is 0 Å². The highest BCUT2D eigenvalue weighted by Crippen LogP contribution is 2.28. The summed E-state index contributed by atoms with van der Waals surface area (Å²) in [7, 11) is 0. The number of nitrogens with zero attached hydrogens (tertiary/aromatic N) is 3. The first-order valence-corrected chi connectivity index (χ1v) is 13.6. The Kier molecular flexibility index (Phi) is 6.17. The van der Waals surface area contributed by atoms with Crippen molar-refractivity contribution in [1.29, 1.82) is 0 Å². The van der Waals surface area contributed by atoms with Crippen LogP contribution in [-0.2, 0) is 19.5 Å². The molecule has 1 aliphatic rings. The predicted octanol–water partition coefficient (Wildman–Crippen LogP) is 5.56. The number of carbonyl (C=O) groups is 2. The zero-order valence-corrected chi connectivity index (χ0v) is 22.2. The second-order valence-electron chi connectivity index (χ2n) is 10.2. The van der Waals surface area contributed by atoms with E-state index in [1.807, 2.05) is 96.1 Å². The van der Waals surface area contributed by atoms with Crippen LogP contribution < -0.4 is 10.6 Å². The van der Waals surface area contributed by atoms with Crippen LogP contribution in [0.1, 0.15) is 43.0 Å². The maximum Gasteiger partial charge on any atom is 0.251 e. The summed E-state index contributed by atoms with van der Waals surface area (Å²) in [5.41, 5.74) is 9.63. The van der Waals surface area contributed by atoms with Crippen LogP contribution in [0.2, 0.25) is 0 Å². The van der Waals surface area contributed by atoms with Gasteiger partial charge in [0.1, 0.15) is 5.65 Å². The second-order valence-corrected chi connectivity index (χ2v) is 10.2. The highest BCUT2D eigenvalue weighted by molar-refractivity contribution is 5.99. The Morgan fingerprint density at radius 3 is 2.59 bits per heavy atom. The number of rotatable bonds is 7. The van der Waals surface area contributed by atoms with Gasteiger partial charge >= 0.3 is 0 Å². The summed E-state index contributed by atoms with van der Waals surface area (Å²) in [5.74, 6) is -0.120. The van der Waals surface area contributed by atoms with Crippen molar-refractivity contribution in [3.05, 3.63) is 149 Å². The smallest absolute Gasteiger partial charge is 0.251 e. The summed E-state index contributed by atoms with van der Waals surface area (Å²) in [5, 5.41) is 5.91. The SMILES string of the molecule is O=C(NCc1cccc(-n2cccc2)c1)c1ccc(Cc2ccc(-c3ccc4c(c3)CNC4=O)n3ccnc23)cc1. The van der Waals surface area contributed by atoms with Gasteiger partial charge in [0.2, 0.25) is 0 Å². The normalized spacial score (nSPS) is 12.3. The zero-order chi connectivity index (χ0) is 27.8. The minimum Gasteiger partial charge on any atom is -0.348 e. The third kappa shape index (κ3) is 4.78. The lowest BCUT2D eigenvalue weighted by Crippen LogP contribution is -2.22. The van der Waals surface area contributed by atoms with E-state index in [0.29, 0.717) is 25.1 Å². The molecule has 2 N–H and O–H groups in total. The Morgan fingerprint density at radius 2 is 1.73 bits per heavy atom. The van der Waals surface area contributed by atoms with Crippen molar-refractivity contribution in [2.45, 2.75) is 19.5 Å². The van der Waals surface area contributed by atoms with Gasteiger partial charge in [0.25, 0.3) is 11.8 Å².